The average Bonchev–Trinajstić information content (AvgIpc) is 2.95. The second kappa shape index (κ2) is 4.97. The van der Waals surface area contributed by atoms with Gasteiger partial charge in [-0.2, -0.15) is 9.57 Å². The highest BCUT2D eigenvalue weighted by atomic mass is 32.2. The van der Waals surface area contributed by atoms with E-state index in [2.05, 4.69) is 0 Å². The van der Waals surface area contributed by atoms with Crippen molar-refractivity contribution in [1.82, 2.24) is 4.31 Å². The van der Waals surface area contributed by atoms with Crippen LogP contribution >= 0.6 is 11.3 Å². The monoisotopic (exact) mass is 285 g/mol. The van der Waals surface area contributed by atoms with Crippen LogP contribution in [0.3, 0.4) is 0 Å². The number of rotatable bonds is 3. The van der Waals surface area contributed by atoms with Gasteiger partial charge in [-0.15, -0.1) is 11.3 Å². The van der Waals surface area contributed by atoms with Gasteiger partial charge in [-0.05, 0) is 37.9 Å². The molecule has 0 amide bonds. The van der Waals surface area contributed by atoms with E-state index in [-0.39, 0.29) is 16.2 Å². The molecule has 1 saturated heterocycles. The van der Waals surface area contributed by atoms with Crippen molar-refractivity contribution in [3.63, 3.8) is 0 Å². The van der Waals surface area contributed by atoms with Gasteiger partial charge in [0.2, 0.25) is 0 Å². The summed E-state index contributed by atoms with van der Waals surface area (Å²) in [4.78, 5) is 0.413. The molecule has 2 unspecified atom stereocenters. The molecular formula is C11H15N3O2S2. The smallest absolute Gasteiger partial charge is 0.252 e. The van der Waals surface area contributed by atoms with Crippen LogP contribution in [0.2, 0.25) is 0 Å². The van der Waals surface area contributed by atoms with E-state index in [4.69, 9.17) is 11.0 Å². The van der Waals surface area contributed by atoms with Crippen molar-refractivity contribution in [2.75, 3.05) is 13.1 Å². The third kappa shape index (κ3) is 2.29. The predicted molar refractivity (Wildman–Crippen MR) is 69.5 cm³/mol. The predicted octanol–water partition coefficient (Wildman–Crippen LogP) is 0.978. The molecule has 2 atom stereocenters. The lowest BCUT2D eigenvalue weighted by Gasteiger charge is -2.19. The third-order valence-electron chi connectivity index (χ3n) is 3.19. The Labute approximate surface area is 111 Å². The third-order valence-corrected chi connectivity index (χ3v) is 6.63. The lowest BCUT2D eigenvalue weighted by molar-refractivity contribution is 0.406. The minimum absolute atomic E-state index is 0.0313. The number of thiophene rings is 1. The Kier molecular flexibility index (Phi) is 3.73. The van der Waals surface area contributed by atoms with Gasteiger partial charge in [-0.3, -0.25) is 0 Å². The number of nitrogens with zero attached hydrogens (tertiary/aromatic N) is 2. The van der Waals surface area contributed by atoms with Gasteiger partial charge in [-0.1, -0.05) is 0 Å². The summed E-state index contributed by atoms with van der Waals surface area (Å²) in [5, 5.41) is 8.75. The Hall–Kier alpha value is -0.940. The Bertz CT molecular complexity index is 573. The van der Waals surface area contributed by atoms with Gasteiger partial charge < -0.3 is 5.73 Å². The molecule has 0 radical (unpaired) electrons. The zero-order chi connectivity index (χ0) is 13.3. The van der Waals surface area contributed by atoms with Crippen LogP contribution in [-0.2, 0) is 10.0 Å². The first-order chi connectivity index (χ1) is 8.48. The maximum atomic E-state index is 12.4. The topological polar surface area (TPSA) is 87.2 Å². The molecule has 2 rings (SSSR count). The van der Waals surface area contributed by atoms with Gasteiger partial charge in [0.1, 0.15) is 15.2 Å². The summed E-state index contributed by atoms with van der Waals surface area (Å²) in [6.45, 7) is 2.87. The first-order valence-electron chi connectivity index (χ1n) is 5.71. The second-order valence-corrected chi connectivity index (χ2v) is 7.69. The fourth-order valence-electron chi connectivity index (χ4n) is 2.25. The van der Waals surface area contributed by atoms with E-state index in [0.29, 0.717) is 18.0 Å². The molecule has 0 saturated carbocycles. The van der Waals surface area contributed by atoms with E-state index < -0.39 is 10.0 Å². The van der Waals surface area contributed by atoms with Gasteiger partial charge in [0.15, 0.2) is 0 Å². The molecule has 1 aromatic rings. The Morgan fingerprint density at radius 1 is 1.61 bits per heavy atom. The van der Waals surface area contributed by atoms with Crippen LogP contribution in [0.25, 0.3) is 0 Å². The molecule has 0 aromatic carbocycles. The fourth-order valence-corrected chi connectivity index (χ4v) is 5.20. The van der Waals surface area contributed by atoms with E-state index in [1.807, 2.05) is 13.0 Å². The van der Waals surface area contributed by atoms with Crippen molar-refractivity contribution in [3.8, 4) is 6.07 Å². The maximum Gasteiger partial charge on any atom is 0.252 e. The minimum atomic E-state index is -3.47. The molecule has 1 aliphatic heterocycles. The molecule has 18 heavy (non-hydrogen) atoms. The number of hydrogen-bond acceptors (Lipinski definition) is 5. The Balaban J connectivity index is 2.29. The first-order valence-corrected chi connectivity index (χ1v) is 7.96. The van der Waals surface area contributed by atoms with E-state index in [9.17, 15) is 8.42 Å². The molecule has 2 heterocycles. The summed E-state index contributed by atoms with van der Waals surface area (Å²) < 4.78 is 26.6. The molecule has 1 aromatic heterocycles. The number of nitrogens with two attached hydrogens (primary N) is 1. The molecule has 1 aliphatic rings. The minimum Gasteiger partial charge on any atom is -0.330 e. The lowest BCUT2D eigenvalue weighted by atomic mass is 10.1. The average molecular weight is 285 g/mol. The normalized spacial score (nSPS) is 25.2. The fraction of sp³-hybridized carbons (Fsp3) is 0.545. The molecular weight excluding hydrogens is 270 g/mol. The molecule has 0 spiro atoms. The molecule has 2 N–H and O–H groups in total. The highest BCUT2D eigenvalue weighted by Crippen LogP contribution is 2.31. The molecule has 5 nitrogen and oxygen atoms in total. The summed E-state index contributed by atoms with van der Waals surface area (Å²) in [5.74, 6) is 0.227. The highest BCUT2D eigenvalue weighted by Gasteiger charge is 2.37. The SMILES string of the molecule is CC1CC(CN)CN1S(=O)(=O)c1ccc(C#N)s1. The van der Waals surface area contributed by atoms with Crippen molar-refractivity contribution >= 4 is 21.4 Å². The largest absolute Gasteiger partial charge is 0.330 e. The maximum absolute atomic E-state index is 12.4. The van der Waals surface area contributed by atoms with Gasteiger partial charge >= 0.3 is 0 Å². The molecule has 1 fully saturated rings. The summed E-state index contributed by atoms with van der Waals surface area (Å²) in [6, 6.07) is 4.97. The number of nitriles is 1. The van der Waals surface area contributed by atoms with Crippen LogP contribution in [0.1, 0.15) is 18.2 Å². The van der Waals surface area contributed by atoms with Crippen LogP contribution in [-0.4, -0.2) is 31.9 Å². The molecule has 0 bridgehead atoms. The second-order valence-electron chi connectivity index (χ2n) is 4.49. The highest BCUT2D eigenvalue weighted by molar-refractivity contribution is 7.91. The van der Waals surface area contributed by atoms with E-state index in [0.717, 1.165) is 17.8 Å². The molecule has 0 aliphatic carbocycles. The van der Waals surface area contributed by atoms with Crippen molar-refractivity contribution in [3.05, 3.63) is 17.0 Å². The summed E-state index contributed by atoms with van der Waals surface area (Å²) >= 11 is 1.02. The standard InChI is InChI=1S/C11H15N3O2S2/c1-8-4-9(5-12)7-14(8)18(15,16)11-3-2-10(6-13)17-11/h2-3,8-9H,4-5,7,12H2,1H3. The molecule has 7 heteroatoms. The van der Waals surface area contributed by atoms with Crippen molar-refractivity contribution in [2.45, 2.75) is 23.6 Å². The number of hydrogen-bond donors (Lipinski definition) is 1. The van der Waals surface area contributed by atoms with E-state index in [1.165, 1.54) is 10.4 Å². The summed E-state index contributed by atoms with van der Waals surface area (Å²) in [6.07, 6.45) is 0.798. The summed E-state index contributed by atoms with van der Waals surface area (Å²) in [7, 11) is -3.47. The van der Waals surface area contributed by atoms with Gasteiger partial charge in [-0.25, -0.2) is 8.42 Å². The van der Waals surface area contributed by atoms with Gasteiger partial charge in [0, 0.05) is 12.6 Å². The van der Waals surface area contributed by atoms with Gasteiger partial charge in [0.05, 0.1) is 0 Å². The zero-order valence-electron chi connectivity index (χ0n) is 10.0. The van der Waals surface area contributed by atoms with Crippen LogP contribution in [0, 0.1) is 17.2 Å². The van der Waals surface area contributed by atoms with Gasteiger partial charge in [0.25, 0.3) is 10.0 Å². The van der Waals surface area contributed by atoms with Crippen molar-refractivity contribution < 1.29 is 8.42 Å². The van der Waals surface area contributed by atoms with Crippen LogP contribution in [0.15, 0.2) is 16.3 Å². The zero-order valence-corrected chi connectivity index (χ0v) is 11.7. The van der Waals surface area contributed by atoms with Crippen LogP contribution < -0.4 is 5.73 Å². The first kappa shape index (κ1) is 13.5. The Morgan fingerprint density at radius 3 is 2.83 bits per heavy atom. The quantitative estimate of drug-likeness (QED) is 0.896. The summed E-state index contributed by atoms with van der Waals surface area (Å²) in [5.41, 5.74) is 5.60. The van der Waals surface area contributed by atoms with Crippen LogP contribution in [0.5, 0.6) is 0 Å². The lowest BCUT2D eigenvalue weighted by Crippen LogP contribution is -2.34. The van der Waals surface area contributed by atoms with E-state index in [1.54, 1.807) is 6.07 Å². The van der Waals surface area contributed by atoms with Crippen molar-refractivity contribution in [2.24, 2.45) is 11.7 Å². The number of sulfonamides is 1. The molecule has 98 valence electrons. The van der Waals surface area contributed by atoms with Crippen LogP contribution in [0.4, 0.5) is 0 Å². The van der Waals surface area contributed by atoms with E-state index >= 15 is 0 Å². The Morgan fingerprint density at radius 2 is 2.33 bits per heavy atom. The van der Waals surface area contributed by atoms with Crippen molar-refractivity contribution in [1.29, 1.82) is 5.26 Å².